The van der Waals surface area contributed by atoms with Gasteiger partial charge in [0.25, 0.3) is 0 Å². The fourth-order valence-electron chi connectivity index (χ4n) is 5.57. The molecule has 1 aliphatic heterocycles. The van der Waals surface area contributed by atoms with Crippen LogP contribution in [-0.2, 0) is 19.5 Å². The minimum Gasteiger partial charge on any atom is -0.363 e. The number of rotatable bonds is 5. The Balaban J connectivity index is 1.52. The van der Waals surface area contributed by atoms with E-state index in [1.54, 1.807) is 0 Å². The van der Waals surface area contributed by atoms with Gasteiger partial charge in [-0.3, -0.25) is 0 Å². The molecule has 3 aromatic rings. The molecular formula is C26H33N3. The number of hydrogen-bond donors (Lipinski definition) is 0. The lowest BCUT2D eigenvalue weighted by molar-refractivity contribution is 0.283. The minimum atomic E-state index is 0.475. The van der Waals surface area contributed by atoms with Crippen molar-refractivity contribution < 1.29 is 0 Å². The number of imidazole rings is 1. The number of anilines is 1. The standard InChI is InChI=1S/C26H33N3/c1-20(2)13-16-29-24-12-6-4-10-22(24)27-25(29)18-28-19-26(14-7-8-15-26)17-21-9-3-5-11-23(21)28/h3-6,9-12,20H,7-8,13-19H2,1-2H3. The van der Waals surface area contributed by atoms with Crippen LogP contribution < -0.4 is 4.90 Å². The molecule has 152 valence electrons. The molecule has 0 atom stereocenters. The van der Waals surface area contributed by atoms with E-state index < -0.39 is 0 Å². The lowest BCUT2D eigenvalue weighted by Crippen LogP contribution is -2.42. The molecular weight excluding hydrogens is 354 g/mol. The lowest BCUT2D eigenvalue weighted by Gasteiger charge is -2.42. The number of fused-ring (bicyclic) bond motifs is 2. The highest BCUT2D eigenvalue weighted by Crippen LogP contribution is 2.47. The van der Waals surface area contributed by atoms with E-state index in [0.717, 1.165) is 18.6 Å². The molecule has 1 fully saturated rings. The van der Waals surface area contributed by atoms with Crippen molar-refractivity contribution in [2.45, 2.75) is 65.5 Å². The van der Waals surface area contributed by atoms with E-state index in [9.17, 15) is 0 Å². The molecule has 0 radical (unpaired) electrons. The molecule has 0 N–H and O–H groups in total. The first-order valence-corrected chi connectivity index (χ1v) is 11.4. The average molecular weight is 388 g/mol. The maximum Gasteiger partial charge on any atom is 0.129 e. The van der Waals surface area contributed by atoms with Crippen molar-refractivity contribution in [3.05, 3.63) is 59.9 Å². The highest BCUT2D eigenvalue weighted by Gasteiger charge is 2.40. The van der Waals surface area contributed by atoms with Gasteiger partial charge >= 0.3 is 0 Å². The van der Waals surface area contributed by atoms with Crippen LogP contribution in [0.4, 0.5) is 5.69 Å². The van der Waals surface area contributed by atoms with Gasteiger partial charge in [-0.15, -0.1) is 0 Å². The van der Waals surface area contributed by atoms with Gasteiger partial charge in [-0.25, -0.2) is 4.98 Å². The average Bonchev–Trinajstić information content (AvgIpc) is 3.30. The van der Waals surface area contributed by atoms with Crippen molar-refractivity contribution in [2.75, 3.05) is 11.4 Å². The van der Waals surface area contributed by atoms with Crippen molar-refractivity contribution in [1.82, 2.24) is 9.55 Å². The number of benzene rings is 2. The van der Waals surface area contributed by atoms with Gasteiger partial charge in [0.2, 0.25) is 0 Å². The Morgan fingerprint density at radius 2 is 1.76 bits per heavy atom. The van der Waals surface area contributed by atoms with Crippen LogP contribution in [-0.4, -0.2) is 16.1 Å². The second-order valence-electron chi connectivity index (χ2n) is 9.72. The second kappa shape index (κ2) is 7.51. The van der Waals surface area contributed by atoms with E-state index in [2.05, 4.69) is 71.8 Å². The fourth-order valence-corrected chi connectivity index (χ4v) is 5.57. The van der Waals surface area contributed by atoms with Crippen molar-refractivity contribution in [3.8, 4) is 0 Å². The van der Waals surface area contributed by atoms with Gasteiger partial charge in [-0.05, 0) is 60.8 Å². The SMILES string of the molecule is CC(C)CCn1c(CN2CC3(CCCC3)Cc3ccccc32)nc2ccccc21. The van der Waals surface area contributed by atoms with Gasteiger partial charge in [0.15, 0.2) is 0 Å². The maximum absolute atomic E-state index is 5.09. The van der Waals surface area contributed by atoms with Crippen molar-refractivity contribution in [3.63, 3.8) is 0 Å². The summed E-state index contributed by atoms with van der Waals surface area (Å²) < 4.78 is 2.48. The molecule has 5 rings (SSSR count). The summed E-state index contributed by atoms with van der Waals surface area (Å²) in [4.78, 5) is 7.73. The maximum atomic E-state index is 5.09. The largest absolute Gasteiger partial charge is 0.363 e. The molecule has 0 amide bonds. The zero-order valence-electron chi connectivity index (χ0n) is 17.9. The summed E-state index contributed by atoms with van der Waals surface area (Å²) in [5.74, 6) is 1.91. The first-order valence-electron chi connectivity index (χ1n) is 11.4. The Labute approximate surface area is 174 Å². The van der Waals surface area contributed by atoms with E-state index in [-0.39, 0.29) is 0 Å². The molecule has 3 heteroatoms. The number of para-hydroxylation sites is 3. The molecule has 0 bridgehead atoms. The lowest BCUT2D eigenvalue weighted by atomic mass is 9.76. The topological polar surface area (TPSA) is 21.1 Å². The van der Waals surface area contributed by atoms with E-state index >= 15 is 0 Å². The van der Waals surface area contributed by atoms with Crippen LogP contribution in [0.2, 0.25) is 0 Å². The van der Waals surface area contributed by atoms with Crippen LogP contribution in [0.1, 0.15) is 57.3 Å². The van der Waals surface area contributed by atoms with Gasteiger partial charge in [0.1, 0.15) is 5.82 Å². The van der Waals surface area contributed by atoms with Crippen LogP contribution in [0.3, 0.4) is 0 Å². The highest BCUT2D eigenvalue weighted by atomic mass is 15.2. The summed E-state index contributed by atoms with van der Waals surface area (Å²) in [7, 11) is 0. The molecule has 2 aliphatic rings. The van der Waals surface area contributed by atoms with Crippen LogP contribution >= 0.6 is 0 Å². The van der Waals surface area contributed by atoms with Gasteiger partial charge in [-0.2, -0.15) is 0 Å². The van der Waals surface area contributed by atoms with Gasteiger partial charge in [0.05, 0.1) is 17.6 Å². The van der Waals surface area contributed by atoms with Gasteiger partial charge < -0.3 is 9.47 Å². The molecule has 0 unspecified atom stereocenters. The third-order valence-electron chi connectivity index (χ3n) is 7.08. The Morgan fingerprint density at radius 1 is 1.00 bits per heavy atom. The minimum absolute atomic E-state index is 0.475. The summed E-state index contributed by atoms with van der Waals surface area (Å²) in [5, 5.41) is 0. The molecule has 29 heavy (non-hydrogen) atoms. The summed E-state index contributed by atoms with van der Waals surface area (Å²) in [6.07, 6.45) is 7.98. The normalized spacial score (nSPS) is 18.1. The number of nitrogens with zero attached hydrogens (tertiary/aromatic N) is 3. The van der Waals surface area contributed by atoms with E-state index in [4.69, 9.17) is 4.98 Å². The molecule has 2 heterocycles. The first-order chi connectivity index (χ1) is 14.1. The third kappa shape index (κ3) is 3.56. The van der Waals surface area contributed by atoms with Crippen molar-refractivity contribution >= 4 is 16.7 Å². The molecule has 1 spiro atoms. The van der Waals surface area contributed by atoms with Gasteiger partial charge in [0, 0.05) is 18.8 Å². The second-order valence-corrected chi connectivity index (χ2v) is 9.72. The Hall–Kier alpha value is -2.29. The predicted octanol–water partition coefficient (Wildman–Crippen LogP) is 6.21. The van der Waals surface area contributed by atoms with E-state index in [1.807, 2.05) is 0 Å². The van der Waals surface area contributed by atoms with Crippen LogP contribution in [0.5, 0.6) is 0 Å². The molecule has 1 aromatic heterocycles. The first kappa shape index (κ1) is 18.7. The number of aromatic nitrogens is 2. The smallest absolute Gasteiger partial charge is 0.129 e. The summed E-state index contributed by atoms with van der Waals surface area (Å²) >= 11 is 0. The highest BCUT2D eigenvalue weighted by molar-refractivity contribution is 5.76. The van der Waals surface area contributed by atoms with E-state index in [0.29, 0.717) is 11.3 Å². The molecule has 2 aromatic carbocycles. The zero-order valence-corrected chi connectivity index (χ0v) is 17.9. The van der Waals surface area contributed by atoms with Crippen LogP contribution in [0.25, 0.3) is 11.0 Å². The summed E-state index contributed by atoms with van der Waals surface area (Å²) in [5.41, 5.74) is 5.84. The Kier molecular flexibility index (Phi) is 4.85. The molecule has 3 nitrogen and oxygen atoms in total. The van der Waals surface area contributed by atoms with Crippen molar-refractivity contribution in [2.24, 2.45) is 11.3 Å². The summed E-state index contributed by atoms with van der Waals surface area (Å²) in [6, 6.07) is 17.7. The predicted molar refractivity (Wildman–Crippen MR) is 121 cm³/mol. The van der Waals surface area contributed by atoms with Crippen LogP contribution in [0, 0.1) is 11.3 Å². The molecule has 1 saturated carbocycles. The molecule has 0 saturated heterocycles. The molecule has 1 aliphatic carbocycles. The summed E-state index contributed by atoms with van der Waals surface area (Å²) in [6.45, 7) is 7.75. The number of hydrogen-bond acceptors (Lipinski definition) is 2. The monoisotopic (exact) mass is 387 g/mol. The zero-order chi connectivity index (χ0) is 19.8. The van der Waals surface area contributed by atoms with Crippen molar-refractivity contribution in [1.29, 1.82) is 0 Å². The quantitative estimate of drug-likeness (QED) is 0.519. The van der Waals surface area contributed by atoms with Crippen LogP contribution in [0.15, 0.2) is 48.5 Å². The van der Waals surface area contributed by atoms with Gasteiger partial charge in [-0.1, -0.05) is 57.0 Å². The van der Waals surface area contributed by atoms with E-state index in [1.165, 1.54) is 67.7 Å². The number of aryl methyl sites for hydroxylation is 1. The Morgan fingerprint density at radius 3 is 2.59 bits per heavy atom. The Bertz CT molecular complexity index is 994. The fraction of sp³-hybridized carbons (Fsp3) is 0.500. The third-order valence-corrected chi connectivity index (χ3v) is 7.08.